The maximum atomic E-state index is 14.3. The fourth-order valence-corrected chi connectivity index (χ4v) is 6.84. The third kappa shape index (κ3) is 6.09. The Bertz CT molecular complexity index is 1520. The van der Waals surface area contributed by atoms with Crippen molar-refractivity contribution in [2.24, 2.45) is 0 Å². The summed E-state index contributed by atoms with van der Waals surface area (Å²) in [5.74, 6) is -0.0429. The monoisotopic (exact) mass is 594 g/mol. The molecule has 3 heterocycles. The molecule has 230 valence electrons. The van der Waals surface area contributed by atoms with Crippen LogP contribution in [0.1, 0.15) is 61.5 Å². The zero-order valence-electron chi connectivity index (χ0n) is 26.0. The highest BCUT2D eigenvalue weighted by atomic mass is 16.6. The summed E-state index contributed by atoms with van der Waals surface area (Å²) in [5, 5.41) is 0. The van der Waals surface area contributed by atoms with Gasteiger partial charge >= 0.3 is 5.97 Å². The third-order valence-electron chi connectivity index (χ3n) is 8.98. The van der Waals surface area contributed by atoms with Crippen LogP contribution in [0.25, 0.3) is 0 Å². The van der Waals surface area contributed by atoms with Crippen LogP contribution in [-0.2, 0) is 27.3 Å². The molecule has 6 rings (SSSR count). The molecule has 3 aromatic rings. The van der Waals surface area contributed by atoms with Crippen LogP contribution in [-0.4, -0.2) is 71.6 Å². The molecule has 1 spiro atoms. The lowest BCUT2D eigenvalue weighted by Crippen LogP contribution is -2.56. The minimum absolute atomic E-state index is 0.142. The Morgan fingerprint density at radius 1 is 0.886 bits per heavy atom. The molecule has 2 amide bonds. The molecule has 0 N–H and O–H groups in total. The summed E-state index contributed by atoms with van der Waals surface area (Å²) in [6, 6.07) is 25.7. The predicted molar refractivity (Wildman–Crippen MR) is 171 cm³/mol. The maximum Gasteiger partial charge on any atom is 0.338 e. The second-order valence-corrected chi connectivity index (χ2v) is 13.2. The Morgan fingerprint density at radius 2 is 1.61 bits per heavy atom. The summed E-state index contributed by atoms with van der Waals surface area (Å²) in [5.41, 5.74) is 3.41. The van der Waals surface area contributed by atoms with Gasteiger partial charge in [-0.25, -0.2) is 4.79 Å². The number of hydrogen-bond donors (Lipinski definition) is 0. The highest BCUT2D eigenvalue weighted by Gasteiger charge is 2.53. The van der Waals surface area contributed by atoms with Crippen LogP contribution in [0.3, 0.4) is 0 Å². The van der Waals surface area contributed by atoms with Gasteiger partial charge in [0.1, 0.15) is 11.1 Å². The Labute approximate surface area is 260 Å². The largest absolute Gasteiger partial charge is 0.456 e. The molecule has 44 heavy (non-hydrogen) atoms. The van der Waals surface area contributed by atoms with Crippen LogP contribution in [0.15, 0.2) is 78.9 Å². The molecular weight excluding hydrogens is 552 g/mol. The molecule has 0 aliphatic carbocycles. The van der Waals surface area contributed by atoms with E-state index in [-0.39, 0.29) is 17.8 Å². The van der Waals surface area contributed by atoms with Crippen molar-refractivity contribution < 1.29 is 19.1 Å². The van der Waals surface area contributed by atoms with E-state index in [9.17, 15) is 14.4 Å². The number of rotatable bonds is 8. The lowest BCUT2D eigenvalue weighted by atomic mass is 9.85. The van der Waals surface area contributed by atoms with Crippen molar-refractivity contribution >= 4 is 29.2 Å². The molecule has 0 saturated carbocycles. The van der Waals surface area contributed by atoms with E-state index in [4.69, 9.17) is 4.74 Å². The van der Waals surface area contributed by atoms with Crippen LogP contribution in [0.4, 0.5) is 11.4 Å². The summed E-state index contributed by atoms with van der Waals surface area (Å²) in [7, 11) is 0. The molecule has 2 fully saturated rings. The Morgan fingerprint density at radius 3 is 2.36 bits per heavy atom. The number of likely N-dealkylation sites (tertiary alicyclic amines) is 1. The van der Waals surface area contributed by atoms with E-state index in [1.807, 2.05) is 91.2 Å². The van der Waals surface area contributed by atoms with Crippen molar-refractivity contribution in [2.75, 3.05) is 42.6 Å². The van der Waals surface area contributed by atoms with E-state index in [0.717, 1.165) is 61.4 Å². The quantitative estimate of drug-likeness (QED) is 0.331. The Hall–Kier alpha value is -4.17. The first-order valence-electron chi connectivity index (χ1n) is 15.7. The van der Waals surface area contributed by atoms with E-state index >= 15 is 0 Å². The van der Waals surface area contributed by atoms with E-state index in [0.29, 0.717) is 31.7 Å². The minimum Gasteiger partial charge on any atom is -0.456 e. The highest BCUT2D eigenvalue weighted by molar-refractivity contribution is 6.01. The van der Waals surface area contributed by atoms with Crippen molar-refractivity contribution in [3.8, 4) is 0 Å². The lowest BCUT2D eigenvalue weighted by molar-refractivity contribution is -0.134. The van der Waals surface area contributed by atoms with E-state index in [2.05, 4.69) is 21.9 Å². The van der Waals surface area contributed by atoms with Gasteiger partial charge in [-0.3, -0.25) is 9.59 Å². The molecule has 8 nitrogen and oxygen atoms in total. The topological polar surface area (TPSA) is 73.4 Å². The summed E-state index contributed by atoms with van der Waals surface area (Å²) < 4.78 is 5.57. The van der Waals surface area contributed by atoms with Crippen LogP contribution in [0.2, 0.25) is 0 Å². The first-order valence-corrected chi connectivity index (χ1v) is 15.7. The molecule has 0 aromatic heterocycles. The van der Waals surface area contributed by atoms with Gasteiger partial charge in [0, 0.05) is 37.6 Å². The summed E-state index contributed by atoms with van der Waals surface area (Å²) in [4.78, 5) is 48.1. The molecule has 0 atom stereocenters. The number of anilines is 2. The number of ether oxygens (including phenoxy) is 1. The number of piperidine rings is 1. The van der Waals surface area contributed by atoms with Crippen molar-refractivity contribution in [1.82, 2.24) is 9.80 Å². The number of carbonyl (C=O) groups is 3. The predicted octanol–water partition coefficient (Wildman–Crippen LogP) is 5.26. The zero-order chi connectivity index (χ0) is 30.9. The molecule has 3 aromatic carbocycles. The van der Waals surface area contributed by atoms with E-state index < -0.39 is 11.1 Å². The van der Waals surface area contributed by atoms with Crippen molar-refractivity contribution in [3.05, 3.63) is 95.6 Å². The van der Waals surface area contributed by atoms with Gasteiger partial charge in [-0.05, 0) is 88.0 Å². The number of fused-ring (bicyclic) bond motifs is 1. The Balaban J connectivity index is 1.12. The molecule has 0 unspecified atom stereocenters. The van der Waals surface area contributed by atoms with Gasteiger partial charge in [-0.15, -0.1) is 0 Å². The summed E-state index contributed by atoms with van der Waals surface area (Å²) in [6.45, 7) is 9.73. The molecular formula is C36H42N4O4. The number of nitrogens with zero attached hydrogens (tertiary/aromatic N) is 4. The molecule has 0 radical (unpaired) electrons. The van der Waals surface area contributed by atoms with Gasteiger partial charge in [0.05, 0.1) is 18.7 Å². The number of esters is 1. The van der Waals surface area contributed by atoms with Gasteiger partial charge in [-0.2, -0.15) is 0 Å². The van der Waals surface area contributed by atoms with Gasteiger partial charge in [0.25, 0.3) is 0 Å². The first kappa shape index (κ1) is 29.9. The SMILES string of the molecule is CC(C)(C)OC(=O)c1cccc(CN2CN(c3ccccc3)C3(CCN(CCCN4C(=O)Cc5ccccc54)CC3)C2=O)c1. The lowest BCUT2D eigenvalue weighted by Gasteiger charge is -2.43. The van der Waals surface area contributed by atoms with Crippen LogP contribution in [0, 0.1) is 0 Å². The number of carbonyl (C=O) groups excluding carboxylic acids is 3. The molecule has 3 aliphatic rings. The fourth-order valence-electron chi connectivity index (χ4n) is 6.84. The standard InChI is InChI=1S/C36H42N4O4/c1-35(2,3)44-33(42)29-13-9-11-27(23-29)25-38-26-40(30-14-5-4-6-15-30)36(34(38)43)17-21-37(22-18-36)19-10-20-39-31-16-8-7-12-28(31)24-32(39)41/h4-9,11-16,23H,10,17-22,24-26H2,1-3H3. The Kier molecular flexibility index (Phi) is 8.20. The van der Waals surface area contributed by atoms with Gasteiger partial charge in [0.15, 0.2) is 0 Å². The van der Waals surface area contributed by atoms with Gasteiger partial charge in [0.2, 0.25) is 11.8 Å². The molecule has 0 bridgehead atoms. The molecule has 2 saturated heterocycles. The first-order chi connectivity index (χ1) is 21.1. The number of benzene rings is 3. The van der Waals surface area contributed by atoms with E-state index in [1.165, 1.54) is 0 Å². The minimum atomic E-state index is -0.607. The van der Waals surface area contributed by atoms with Crippen LogP contribution < -0.4 is 9.80 Å². The third-order valence-corrected chi connectivity index (χ3v) is 8.98. The molecule has 8 heteroatoms. The summed E-state index contributed by atoms with van der Waals surface area (Å²) in [6.07, 6.45) is 2.85. The van der Waals surface area contributed by atoms with Crippen molar-refractivity contribution in [1.29, 1.82) is 0 Å². The van der Waals surface area contributed by atoms with Crippen LogP contribution >= 0.6 is 0 Å². The van der Waals surface area contributed by atoms with Crippen LogP contribution in [0.5, 0.6) is 0 Å². The number of hydrogen-bond acceptors (Lipinski definition) is 6. The molecule has 3 aliphatic heterocycles. The fraction of sp³-hybridized carbons (Fsp3) is 0.417. The smallest absolute Gasteiger partial charge is 0.338 e. The average Bonchev–Trinajstić information content (AvgIpc) is 3.46. The van der Waals surface area contributed by atoms with Crippen molar-refractivity contribution in [2.45, 2.75) is 64.1 Å². The van der Waals surface area contributed by atoms with E-state index in [1.54, 1.807) is 6.07 Å². The average molecular weight is 595 g/mol. The second-order valence-electron chi connectivity index (χ2n) is 13.2. The normalized spacial score (nSPS) is 18.3. The number of amides is 2. The second kappa shape index (κ2) is 12.1. The zero-order valence-corrected chi connectivity index (χ0v) is 26.0. The van der Waals surface area contributed by atoms with Crippen molar-refractivity contribution in [3.63, 3.8) is 0 Å². The maximum absolute atomic E-state index is 14.3. The van der Waals surface area contributed by atoms with Gasteiger partial charge < -0.3 is 24.3 Å². The van der Waals surface area contributed by atoms with Gasteiger partial charge in [-0.1, -0.05) is 48.5 Å². The highest BCUT2D eigenvalue weighted by Crippen LogP contribution is 2.40. The number of para-hydroxylation sites is 2. The summed E-state index contributed by atoms with van der Waals surface area (Å²) >= 11 is 0.